The number of nitrogens with zero attached hydrogens (tertiary/aromatic N) is 4. The highest BCUT2D eigenvalue weighted by Crippen LogP contribution is 2.30. The van der Waals surface area contributed by atoms with Crippen LogP contribution in [0.2, 0.25) is 0 Å². The van der Waals surface area contributed by atoms with Gasteiger partial charge in [-0.3, -0.25) is 0 Å². The second kappa shape index (κ2) is 6.55. The summed E-state index contributed by atoms with van der Waals surface area (Å²) in [6.45, 7) is 6.81. The number of hydrogen-bond acceptors (Lipinski definition) is 4. The third kappa shape index (κ3) is 3.16. The molecule has 2 heterocycles. The van der Waals surface area contributed by atoms with E-state index in [1.165, 1.54) is 0 Å². The van der Waals surface area contributed by atoms with Gasteiger partial charge in [-0.1, -0.05) is 18.2 Å². The van der Waals surface area contributed by atoms with E-state index in [9.17, 15) is 5.26 Å². The molecule has 0 N–H and O–H groups in total. The molecule has 1 aromatic heterocycles. The van der Waals surface area contributed by atoms with Crippen molar-refractivity contribution < 1.29 is 0 Å². The minimum absolute atomic E-state index is 0.491. The lowest BCUT2D eigenvalue weighted by molar-refractivity contribution is 0.171. The van der Waals surface area contributed by atoms with Crippen molar-refractivity contribution in [2.45, 2.75) is 38.8 Å². The minimum atomic E-state index is 0.491. The Morgan fingerprint density at radius 2 is 1.96 bits per heavy atom. The lowest BCUT2D eigenvalue weighted by Crippen LogP contribution is -2.45. The van der Waals surface area contributed by atoms with Gasteiger partial charge in [-0.25, -0.2) is 4.98 Å². The van der Waals surface area contributed by atoms with Crippen molar-refractivity contribution in [3.05, 3.63) is 36.0 Å². The molecule has 2 aromatic rings. The van der Waals surface area contributed by atoms with Crippen LogP contribution in [0.5, 0.6) is 0 Å². The maximum Gasteiger partial charge on any atom is 0.143 e. The summed E-state index contributed by atoms with van der Waals surface area (Å²) in [4.78, 5) is 9.31. The van der Waals surface area contributed by atoms with Gasteiger partial charge in [0.1, 0.15) is 11.8 Å². The molecule has 4 nitrogen and oxygen atoms in total. The fraction of sp³-hybridized carbons (Fsp3) is 0.474. The smallest absolute Gasteiger partial charge is 0.143 e. The first-order chi connectivity index (χ1) is 11.1. The molecule has 1 aliphatic rings. The van der Waals surface area contributed by atoms with Crippen LogP contribution in [-0.4, -0.2) is 42.1 Å². The van der Waals surface area contributed by atoms with E-state index >= 15 is 0 Å². The van der Waals surface area contributed by atoms with E-state index in [0.29, 0.717) is 17.8 Å². The van der Waals surface area contributed by atoms with E-state index in [-0.39, 0.29) is 0 Å². The molecule has 1 aromatic carbocycles. The molecule has 120 valence electrons. The number of benzene rings is 1. The zero-order chi connectivity index (χ0) is 16.4. The van der Waals surface area contributed by atoms with Gasteiger partial charge in [0.05, 0.1) is 5.52 Å². The van der Waals surface area contributed by atoms with Crippen LogP contribution in [0, 0.1) is 11.3 Å². The number of likely N-dealkylation sites (tertiary alicyclic amines) is 1. The normalized spacial score (nSPS) is 16.7. The van der Waals surface area contributed by atoms with Gasteiger partial charge >= 0.3 is 0 Å². The Labute approximate surface area is 138 Å². The second-order valence-corrected chi connectivity index (χ2v) is 6.63. The molecule has 4 heteroatoms. The molecular weight excluding hydrogens is 284 g/mol. The summed E-state index contributed by atoms with van der Waals surface area (Å²) >= 11 is 0. The van der Waals surface area contributed by atoms with Gasteiger partial charge in [-0.05, 0) is 38.8 Å². The predicted octanol–water partition coefficient (Wildman–Crippen LogP) is 3.42. The van der Waals surface area contributed by atoms with Crippen molar-refractivity contribution in [2.24, 2.45) is 0 Å². The van der Waals surface area contributed by atoms with Crippen molar-refractivity contribution in [3.63, 3.8) is 0 Å². The number of para-hydroxylation sites is 1. The molecule has 0 amide bonds. The Balaban J connectivity index is 1.89. The third-order valence-corrected chi connectivity index (χ3v) is 4.97. The number of anilines is 1. The lowest BCUT2D eigenvalue weighted by atomic mass is 10.0. The minimum Gasteiger partial charge on any atom is -0.371 e. The molecule has 0 atom stereocenters. The van der Waals surface area contributed by atoms with Crippen LogP contribution < -0.4 is 4.90 Å². The van der Waals surface area contributed by atoms with Crippen LogP contribution in [-0.2, 0) is 0 Å². The first-order valence-corrected chi connectivity index (χ1v) is 8.37. The summed E-state index contributed by atoms with van der Waals surface area (Å²) in [6, 6.07) is 13.3. The highest BCUT2D eigenvalue weighted by atomic mass is 15.2. The maximum absolute atomic E-state index is 9.27. The SMILES string of the molecule is CC(C)N1CCC(N(C)c2cc(C#N)nc3ccccc23)CC1. The fourth-order valence-electron chi connectivity index (χ4n) is 3.49. The molecule has 0 saturated carbocycles. The highest BCUT2D eigenvalue weighted by molar-refractivity contribution is 5.92. The van der Waals surface area contributed by atoms with Crippen LogP contribution in [0.25, 0.3) is 10.9 Å². The van der Waals surface area contributed by atoms with Gasteiger partial charge in [0.25, 0.3) is 0 Å². The largest absolute Gasteiger partial charge is 0.371 e. The Hall–Kier alpha value is -2.12. The topological polar surface area (TPSA) is 43.2 Å². The summed E-state index contributed by atoms with van der Waals surface area (Å²) < 4.78 is 0. The molecule has 0 aliphatic carbocycles. The molecule has 1 fully saturated rings. The van der Waals surface area contributed by atoms with E-state index in [1.807, 2.05) is 24.3 Å². The van der Waals surface area contributed by atoms with Crippen LogP contribution >= 0.6 is 0 Å². The number of fused-ring (bicyclic) bond motifs is 1. The second-order valence-electron chi connectivity index (χ2n) is 6.63. The van der Waals surface area contributed by atoms with E-state index in [4.69, 9.17) is 0 Å². The summed E-state index contributed by atoms with van der Waals surface area (Å²) in [5.74, 6) is 0. The summed E-state index contributed by atoms with van der Waals surface area (Å²) in [6.07, 6.45) is 2.32. The summed E-state index contributed by atoms with van der Waals surface area (Å²) in [7, 11) is 2.15. The number of piperidine rings is 1. The van der Waals surface area contributed by atoms with Crippen LogP contribution in [0.3, 0.4) is 0 Å². The van der Waals surface area contributed by atoms with Crippen molar-refractivity contribution in [1.29, 1.82) is 5.26 Å². The number of hydrogen-bond donors (Lipinski definition) is 0. The molecule has 3 rings (SSSR count). The van der Waals surface area contributed by atoms with Crippen LogP contribution in [0.1, 0.15) is 32.4 Å². The summed E-state index contributed by atoms with van der Waals surface area (Å²) in [5.41, 5.74) is 2.51. The van der Waals surface area contributed by atoms with E-state index in [0.717, 1.165) is 42.5 Å². The number of nitriles is 1. The summed E-state index contributed by atoms with van der Waals surface area (Å²) in [5, 5.41) is 10.4. The molecule has 23 heavy (non-hydrogen) atoms. The van der Waals surface area contributed by atoms with Crippen LogP contribution in [0.4, 0.5) is 5.69 Å². The Kier molecular flexibility index (Phi) is 4.49. The average Bonchev–Trinajstić information content (AvgIpc) is 2.60. The van der Waals surface area contributed by atoms with Gasteiger partial charge in [0.2, 0.25) is 0 Å². The first kappa shape index (κ1) is 15.8. The molecule has 1 aliphatic heterocycles. The van der Waals surface area contributed by atoms with Crippen molar-refractivity contribution in [1.82, 2.24) is 9.88 Å². The van der Waals surface area contributed by atoms with Crippen LogP contribution in [0.15, 0.2) is 30.3 Å². The molecule has 1 saturated heterocycles. The first-order valence-electron chi connectivity index (χ1n) is 8.37. The molecule has 0 spiro atoms. The quantitative estimate of drug-likeness (QED) is 0.871. The number of aromatic nitrogens is 1. The maximum atomic E-state index is 9.27. The zero-order valence-corrected chi connectivity index (χ0v) is 14.2. The third-order valence-electron chi connectivity index (χ3n) is 4.97. The Morgan fingerprint density at radius 3 is 2.61 bits per heavy atom. The van der Waals surface area contributed by atoms with Gasteiger partial charge < -0.3 is 9.80 Å². The van der Waals surface area contributed by atoms with Gasteiger partial charge in [0.15, 0.2) is 0 Å². The lowest BCUT2D eigenvalue weighted by Gasteiger charge is -2.39. The highest BCUT2D eigenvalue weighted by Gasteiger charge is 2.25. The standard InChI is InChI=1S/C19H24N4/c1-14(2)23-10-8-16(9-11-23)22(3)19-12-15(13-20)21-18-7-5-4-6-17(18)19/h4-7,12,14,16H,8-11H2,1-3H3. The molecule has 0 bridgehead atoms. The van der Waals surface area contributed by atoms with E-state index < -0.39 is 0 Å². The van der Waals surface area contributed by atoms with Crippen molar-refractivity contribution in [3.8, 4) is 6.07 Å². The molecular formula is C19H24N4. The average molecular weight is 308 g/mol. The predicted molar refractivity (Wildman–Crippen MR) is 94.6 cm³/mol. The fourth-order valence-corrected chi connectivity index (χ4v) is 3.49. The zero-order valence-electron chi connectivity index (χ0n) is 14.2. The van der Waals surface area contributed by atoms with E-state index in [1.54, 1.807) is 0 Å². The molecule has 0 unspecified atom stereocenters. The van der Waals surface area contributed by atoms with Gasteiger partial charge in [-0.2, -0.15) is 5.26 Å². The van der Waals surface area contributed by atoms with E-state index in [2.05, 4.69) is 47.8 Å². The van der Waals surface area contributed by atoms with Gasteiger partial charge in [0, 0.05) is 43.3 Å². The van der Waals surface area contributed by atoms with Crippen molar-refractivity contribution >= 4 is 16.6 Å². The Bertz CT molecular complexity index is 724. The number of rotatable bonds is 3. The monoisotopic (exact) mass is 308 g/mol. The van der Waals surface area contributed by atoms with Crippen molar-refractivity contribution in [2.75, 3.05) is 25.0 Å². The Morgan fingerprint density at radius 1 is 1.26 bits per heavy atom. The van der Waals surface area contributed by atoms with Gasteiger partial charge in [-0.15, -0.1) is 0 Å². The number of pyridine rings is 1. The molecule has 0 radical (unpaired) electrons.